The number of carbonyl (C=O) groups is 2. The Kier molecular flexibility index (Phi) is 5.55. The van der Waals surface area contributed by atoms with Gasteiger partial charge in [-0.25, -0.2) is 12.8 Å². The van der Waals surface area contributed by atoms with Crippen LogP contribution in [0.25, 0.3) is 0 Å². The van der Waals surface area contributed by atoms with E-state index in [0.29, 0.717) is 19.3 Å². The molecule has 2 atom stereocenters. The van der Waals surface area contributed by atoms with Gasteiger partial charge in [-0.1, -0.05) is 6.42 Å². The maximum absolute atomic E-state index is 13.0. The fourth-order valence-electron chi connectivity index (χ4n) is 2.57. The number of hydrogen-bond acceptors (Lipinski definition) is 4. The molecule has 1 amide bonds. The summed E-state index contributed by atoms with van der Waals surface area (Å²) in [5, 5.41) is 11.2. The molecule has 2 rings (SSSR count). The molecule has 1 aromatic carbocycles. The first-order valence-corrected chi connectivity index (χ1v) is 8.98. The maximum atomic E-state index is 13.0. The van der Waals surface area contributed by atoms with E-state index < -0.39 is 39.8 Å². The lowest BCUT2D eigenvalue weighted by atomic mass is 10.0. The van der Waals surface area contributed by atoms with Crippen molar-refractivity contribution in [1.82, 2.24) is 9.62 Å². The van der Waals surface area contributed by atoms with Crippen molar-refractivity contribution in [1.29, 1.82) is 0 Å². The van der Waals surface area contributed by atoms with Gasteiger partial charge >= 0.3 is 5.97 Å². The summed E-state index contributed by atoms with van der Waals surface area (Å²) in [6.07, 6.45) is 1.56. The fourth-order valence-corrected chi connectivity index (χ4v) is 4.22. The number of piperidine rings is 1. The third-order valence-electron chi connectivity index (χ3n) is 3.91. The van der Waals surface area contributed by atoms with Crippen molar-refractivity contribution in [3.63, 3.8) is 0 Å². The van der Waals surface area contributed by atoms with Gasteiger partial charge in [0, 0.05) is 6.54 Å². The van der Waals surface area contributed by atoms with E-state index in [2.05, 4.69) is 5.32 Å². The monoisotopic (exact) mass is 358 g/mol. The second-order valence-electron chi connectivity index (χ2n) is 5.65. The number of sulfonamides is 1. The summed E-state index contributed by atoms with van der Waals surface area (Å²) >= 11 is 0. The van der Waals surface area contributed by atoms with Crippen LogP contribution in [0.2, 0.25) is 0 Å². The highest BCUT2D eigenvalue weighted by molar-refractivity contribution is 7.89. The van der Waals surface area contributed by atoms with Gasteiger partial charge in [-0.3, -0.25) is 9.59 Å². The third-order valence-corrected chi connectivity index (χ3v) is 5.83. The van der Waals surface area contributed by atoms with Crippen LogP contribution >= 0.6 is 0 Å². The lowest BCUT2D eigenvalue weighted by Gasteiger charge is -2.34. The molecule has 0 aromatic heterocycles. The molecule has 0 aliphatic carbocycles. The number of halogens is 1. The second kappa shape index (κ2) is 7.27. The molecule has 9 heteroatoms. The van der Waals surface area contributed by atoms with Crippen molar-refractivity contribution >= 4 is 21.9 Å². The molecule has 132 valence electrons. The van der Waals surface area contributed by atoms with E-state index in [1.165, 1.54) is 6.92 Å². The highest BCUT2D eigenvalue weighted by Gasteiger charge is 2.38. The largest absolute Gasteiger partial charge is 0.480 e. The van der Waals surface area contributed by atoms with Crippen molar-refractivity contribution in [2.45, 2.75) is 43.2 Å². The molecule has 2 N–H and O–H groups in total. The number of carbonyl (C=O) groups excluding carboxylic acids is 1. The fraction of sp³-hybridized carbons (Fsp3) is 0.467. The smallest absolute Gasteiger partial charge is 0.325 e. The topological polar surface area (TPSA) is 104 Å². The van der Waals surface area contributed by atoms with E-state index in [0.717, 1.165) is 28.6 Å². The minimum Gasteiger partial charge on any atom is -0.480 e. The van der Waals surface area contributed by atoms with Gasteiger partial charge in [0.05, 0.1) is 4.90 Å². The van der Waals surface area contributed by atoms with Crippen LogP contribution in [0.5, 0.6) is 0 Å². The van der Waals surface area contributed by atoms with Gasteiger partial charge in [0.15, 0.2) is 0 Å². The van der Waals surface area contributed by atoms with Crippen molar-refractivity contribution in [2.75, 3.05) is 6.54 Å². The third kappa shape index (κ3) is 3.90. The van der Waals surface area contributed by atoms with E-state index in [1.54, 1.807) is 0 Å². The van der Waals surface area contributed by atoms with Crippen LogP contribution in [-0.4, -0.2) is 48.3 Å². The molecular formula is C15H19FN2O5S. The molecule has 1 saturated heterocycles. The summed E-state index contributed by atoms with van der Waals surface area (Å²) in [5.41, 5.74) is 0. The van der Waals surface area contributed by atoms with Crippen LogP contribution in [0.15, 0.2) is 29.2 Å². The summed E-state index contributed by atoms with van der Waals surface area (Å²) < 4.78 is 39.6. The highest BCUT2D eigenvalue weighted by Crippen LogP contribution is 2.25. The molecule has 0 saturated carbocycles. The van der Waals surface area contributed by atoms with Crippen molar-refractivity contribution in [3.05, 3.63) is 30.1 Å². The Morgan fingerprint density at radius 2 is 1.92 bits per heavy atom. The van der Waals surface area contributed by atoms with E-state index in [9.17, 15) is 22.4 Å². The van der Waals surface area contributed by atoms with Gasteiger partial charge in [0.1, 0.15) is 17.9 Å². The van der Waals surface area contributed by atoms with E-state index in [4.69, 9.17) is 5.11 Å². The van der Waals surface area contributed by atoms with Crippen LogP contribution < -0.4 is 5.32 Å². The molecule has 1 fully saturated rings. The Hall–Kier alpha value is -2.00. The Labute approximate surface area is 139 Å². The number of carboxylic acids is 1. The number of nitrogens with zero attached hydrogens (tertiary/aromatic N) is 1. The molecule has 1 heterocycles. The van der Waals surface area contributed by atoms with Crippen molar-refractivity contribution in [2.24, 2.45) is 0 Å². The lowest BCUT2D eigenvalue weighted by molar-refractivity contribution is -0.142. The molecule has 1 aromatic rings. The van der Waals surface area contributed by atoms with Gasteiger partial charge in [0.25, 0.3) is 0 Å². The van der Waals surface area contributed by atoms with Crippen LogP contribution in [0.3, 0.4) is 0 Å². The average Bonchev–Trinajstić information content (AvgIpc) is 2.55. The lowest BCUT2D eigenvalue weighted by Crippen LogP contribution is -2.54. The van der Waals surface area contributed by atoms with Gasteiger partial charge in [-0.2, -0.15) is 4.31 Å². The number of nitrogens with one attached hydrogen (secondary N) is 1. The zero-order valence-corrected chi connectivity index (χ0v) is 13.9. The molecular weight excluding hydrogens is 339 g/mol. The second-order valence-corrected chi connectivity index (χ2v) is 7.54. The predicted octanol–water partition coefficient (Wildman–Crippen LogP) is 0.958. The predicted molar refractivity (Wildman–Crippen MR) is 83.2 cm³/mol. The molecule has 7 nitrogen and oxygen atoms in total. The number of carboxylic acid groups (broad SMARTS) is 1. The van der Waals surface area contributed by atoms with Crippen LogP contribution in [0.1, 0.15) is 26.2 Å². The minimum absolute atomic E-state index is 0.102. The van der Waals surface area contributed by atoms with Crippen LogP contribution in [0.4, 0.5) is 4.39 Å². The number of aliphatic carboxylic acids is 1. The summed E-state index contributed by atoms with van der Waals surface area (Å²) in [6, 6.07) is 2.28. The first-order valence-electron chi connectivity index (χ1n) is 7.54. The van der Waals surface area contributed by atoms with Crippen molar-refractivity contribution in [3.8, 4) is 0 Å². The maximum Gasteiger partial charge on any atom is 0.325 e. The van der Waals surface area contributed by atoms with E-state index >= 15 is 0 Å². The Morgan fingerprint density at radius 1 is 1.29 bits per heavy atom. The molecule has 0 radical (unpaired) electrons. The molecule has 24 heavy (non-hydrogen) atoms. The first-order chi connectivity index (χ1) is 11.2. The van der Waals surface area contributed by atoms with Crippen LogP contribution in [0, 0.1) is 5.82 Å². The van der Waals surface area contributed by atoms with Crippen molar-refractivity contribution < 1.29 is 27.5 Å². The van der Waals surface area contributed by atoms with Gasteiger partial charge in [0.2, 0.25) is 15.9 Å². The van der Waals surface area contributed by atoms with Gasteiger partial charge in [-0.05, 0) is 44.0 Å². The SMILES string of the molecule is C[C@H](NC(=O)[C@@H]1CCCCN1S(=O)(=O)c1ccc(F)cc1)C(=O)O. The number of amides is 1. The van der Waals surface area contributed by atoms with E-state index in [-0.39, 0.29) is 11.4 Å². The Bertz CT molecular complexity index is 720. The minimum atomic E-state index is -3.97. The first kappa shape index (κ1) is 18.3. The Morgan fingerprint density at radius 3 is 2.50 bits per heavy atom. The molecule has 0 spiro atoms. The summed E-state index contributed by atoms with van der Waals surface area (Å²) in [5.74, 6) is -2.40. The molecule has 0 unspecified atom stereocenters. The number of rotatable bonds is 5. The normalized spacial score (nSPS) is 20.3. The zero-order chi connectivity index (χ0) is 17.9. The summed E-state index contributed by atoms with van der Waals surface area (Å²) in [6.45, 7) is 1.46. The molecule has 0 bridgehead atoms. The summed E-state index contributed by atoms with van der Waals surface area (Å²) in [7, 11) is -3.97. The Balaban J connectivity index is 2.26. The highest BCUT2D eigenvalue weighted by atomic mass is 32.2. The number of benzene rings is 1. The standard InChI is InChI=1S/C15H19FN2O5S/c1-10(15(20)21)17-14(19)13-4-2-3-9-18(13)24(22,23)12-7-5-11(16)6-8-12/h5-8,10,13H,2-4,9H2,1H3,(H,17,19)(H,20,21)/t10-,13-/m0/s1. The molecule has 1 aliphatic heterocycles. The van der Waals surface area contributed by atoms with Crippen LogP contribution in [-0.2, 0) is 19.6 Å². The summed E-state index contributed by atoms with van der Waals surface area (Å²) in [4.78, 5) is 23.1. The average molecular weight is 358 g/mol. The number of hydrogen-bond donors (Lipinski definition) is 2. The molecule has 1 aliphatic rings. The van der Waals surface area contributed by atoms with E-state index in [1.807, 2.05) is 0 Å². The van der Waals surface area contributed by atoms with Gasteiger partial charge < -0.3 is 10.4 Å². The van der Waals surface area contributed by atoms with Gasteiger partial charge in [-0.15, -0.1) is 0 Å². The quantitative estimate of drug-likeness (QED) is 0.816. The zero-order valence-electron chi connectivity index (χ0n) is 13.1.